The molecule has 0 fully saturated rings. The number of ether oxygens (including phenoxy) is 2. The van der Waals surface area contributed by atoms with Crippen molar-refractivity contribution in [2.24, 2.45) is 0 Å². The van der Waals surface area contributed by atoms with E-state index in [1.165, 1.54) is 0 Å². The molecular weight excluding hydrogens is 232 g/mol. The van der Waals surface area contributed by atoms with Crippen LogP contribution < -0.4 is 9.47 Å². The molecule has 0 aromatic heterocycles. The molecule has 0 aliphatic carbocycles. The van der Waals surface area contributed by atoms with Gasteiger partial charge < -0.3 is 9.47 Å². The minimum atomic E-state index is 0.0591. The first-order valence-corrected chi connectivity index (χ1v) is 6.04. The van der Waals surface area contributed by atoms with Gasteiger partial charge in [-0.2, -0.15) is 0 Å². The molecule has 0 amide bonds. The van der Waals surface area contributed by atoms with Gasteiger partial charge in [-0.05, 0) is 24.3 Å². The van der Waals surface area contributed by atoms with Crippen LogP contribution in [0, 0.1) is 0 Å². The molecule has 4 nitrogen and oxygen atoms in total. The fourth-order valence-electron chi connectivity index (χ4n) is 1.16. The van der Waals surface area contributed by atoms with Gasteiger partial charge in [0.05, 0.1) is 0 Å². The number of ketones is 2. The molecule has 0 spiro atoms. The average molecular weight is 250 g/mol. The van der Waals surface area contributed by atoms with Gasteiger partial charge in [-0.25, -0.2) is 0 Å². The minimum Gasteiger partial charge on any atom is -0.486 e. The highest BCUT2D eigenvalue weighted by molar-refractivity contribution is 5.80. The van der Waals surface area contributed by atoms with Crippen LogP contribution in [0.2, 0.25) is 0 Å². The van der Waals surface area contributed by atoms with Gasteiger partial charge in [-0.15, -0.1) is 0 Å². The molecule has 0 radical (unpaired) electrons. The van der Waals surface area contributed by atoms with Crippen LogP contribution in [0.4, 0.5) is 0 Å². The Balaban J connectivity index is 2.42. The van der Waals surface area contributed by atoms with Gasteiger partial charge in [0.1, 0.15) is 24.7 Å². The van der Waals surface area contributed by atoms with E-state index < -0.39 is 0 Å². The Morgan fingerprint density at radius 2 is 1.17 bits per heavy atom. The molecule has 0 heterocycles. The fraction of sp³-hybridized carbons (Fsp3) is 0.429. The van der Waals surface area contributed by atoms with Crippen molar-refractivity contribution >= 4 is 11.6 Å². The molecule has 18 heavy (non-hydrogen) atoms. The normalized spacial score (nSPS) is 9.89. The van der Waals surface area contributed by atoms with Crippen molar-refractivity contribution in [3.8, 4) is 11.5 Å². The van der Waals surface area contributed by atoms with E-state index in [1.54, 1.807) is 38.1 Å². The summed E-state index contributed by atoms with van der Waals surface area (Å²) in [6.45, 7) is 3.77. The van der Waals surface area contributed by atoms with Gasteiger partial charge in [0.15, 0.2) is 11.6 Å². The number of benzene rings is 1. The monoisotopic (exact) mass is 250 g/mol. The van der Waals surface area contributed by atoms with Crippen LogP contribution in [0.25, 0.3) is 0 Å². The SMILES string of the molecule is CCC(=O)COc1ccc(OCC(=O)CC)cc1. The molecule has 1 aromatic carbocycles. The van der Waals surface area contributed by atoms with Crippen LogP contribution in [0.15, 0.2) is 24.3 Å². The summed E-state index contributed by atoms with van der Waals surface area (Å²) >= 11 is 0. The Kier molecular flexibility index (Phi) is 5.91. The summed E-state index contributed by atoms with van der Waals surface area (Å²) in [4.78, 5) is 22.2. The summed E-state index contributed by atoms with van der Waals surface area (Å²) in [5, 5.41) is 0. The van der Waals surface area contributed by atoms with Gasteiger partial charge in [-0.1, -0.05) is 13.8 Å². The quantitative estimate of drug-likeness (QED) is 0.711. The number of hydrogen-bond donors (Lipinski definition) is 0. The number of rotatable bonds is 8. The van der Waals surface area contributed by atoms with Crippen molar-refractivity contribution in [2.75, 3.05) is 13.2 Å². The Morgan fingerprint density at radius 1 is 0.833 bits per heavy atom. The summed E-state index contributed by atoms with van der Waals surface area (Å²) < 4.78 is 10.6. The van der Waals surface area contributed by atoms with Crippen LogP contribution in [0.3, 0.4) is 0 Å². The summed E-state index contributed by atoms with van der Waals surface area (Å²) in [5.41, 5.74) is 0. The largest absolute Gasteiger partial charge is 0.486 e. The molecule has 0 bridgehead atoms. The Labute approximate surface area is 107 Å². The van der Waals surface area contributed by atoms with Gasteiger partial charge in [0.25, 0.3) is 0 Å². The predicted molar refractivity (Wildman–Crippen MR) is 68.0 cm³/mol. The second kappa shape index (κ2) is 7.48. The summed E-state index contributed by atoms with van der Waals surface area (Å²) in [7, 11) is 0. The second-order valence-corrected chi connectivity index (χ2v) is 3.83. The van der Waals surface area contributed by atoms with E-state index in [0.29, 0.717) is 24.3 Å². The molecule has 0 saturated carbocycles. The van der Waals surface area contributed by atoms with E-state index in [0.717, 1.165) is 0 Å². The van der Waals surface area contributed by atoms with Crippen molar-refractivity contribution in [1.29, 1.82) is 0 Å². The van der Waals surface area contributed by atoms with Gasteiger partial charge in [0.2, 0.25) is 0 Å². The zero-order chi connectivity index (χ0) is 13.4. The Bertz CT molecular complexity index is 356. The summed E-state index contributed by atoms with van der Waals surface area (Å²) in [6, 6.07) is 6.87. The zero-order valence-electron chi connectivity index (χ0n) is 10.8. The van der Waals surface area contributed by atoms with E-state index in [1.807, 2.05) is 0 Å². The third kappa shape index (κ3) is 4.99. The van der Waals surface area contributed by atoms with Crippen LogP contribution in [0.1, 0.15) is 26.7 Å². The topological polar surface area (TPSA) is 52.6 Å². The van der Waals surface area contributed by atoms with Crippen LogP contribution >= 0.6 is 0 Å². The maximum absolute atomic E-state index is 11.1. The molecule has 98 valence electrons. The zero-order valence-corrected chi connectivity index (χ0v) is 10.8. The smallest absolute Gasteiger partial charge is 0.169 e. The Hall–Kier alpha value is -1.84. The lowest BCUT2D eigenvalue weighted by molar-refractivity contribution is -0.121. The maximum atomic E-state index is 11.1. The highest BCUT2D eigenvalue weighted by Crippen LogP contribution is 2.17. The number of hydrogen-bond acceptors (Lipinski definition) is 4. The highest BCUT2D eigenvalue weighted by atomic mass is 16.5. The average Bonchev–Trinajstić information content (AvgIpc) is 2.43. The van der Waals surface area contributed by atoms with Crippen molar-refractivity contribution in [3.05, 3.63) is 24.3 Å². The van der Waals surface area contributed by atoms with Crippen LogP contribution in [-0.4, -0.2) is 24.8 Å². The molecule has 4 heteroatoms. The van der Waals surface area contributed by atoms with Crippen molar-refractivity contribution < 1.29 is 19.1 Å². The van der Waals surface area contributed by atoms with Gasteiger partial charge >= 0.3 is 0 Å². The van der Waals surface area contributed by atoms with Crippen molar-refractivity contribution in [2.45, 2.75) is 26.7 Å². The first kappa shape index (κ1) is 14.2. The Morgan fingerprint density at radius 3 is 1.44 bits per heavy atom. The van der Waals surface area contributed by atoms with Crippen LogP contribution in [0.5, 0.6) is 11.5 Å². The van der Waals surface area contributed by atoms with E-state index in [9.17, 15) is 9.59 Å². The number of carbonyl (C=O) groups is 2. The predicted octanol–water partition coefficient (Wildman–Crippen LogP) is 2.40. The highest BCUT2D eigenvalue weighted by Gasteiger charge is 2.02. The molecule has 0 unspecified atom stereocenters. The number of Topliss-reactive ketones (excluding diaryl/α,β-unsaturated/α-hetero) is 2. The lowest BCUT2D eigenvalue weighted by atomic mass is 10.3. The molecule has 0 aliphatic heterocycles. The lowest BCUT2D eigenvalue weighted by Crippen LogP contribution is -2.10. The second-order valence-electron chi connectivity index (χ2n) is 3.83. The first-order valence-electron chi connectivity index (χ1n) is 6.04. The third-order valence-electron chi connectivity index (χ3n) is 2.41. The molecule has 1 rings (SSSR count). The molecule has 1 aromatic rings. The molecule has 0 saturated heterocycles. The summed E-state index contributed by atoms with van der Waals surface area (Å²) in [6.07, 6.45) is 0.945. The molecule has 0 atom stereocenters. The molecular formula is C14H18O4. The fourth-order valence-corrected chi connectivity index (χ4v) is 1.16. The molecule has 0 aliphatic rings. The summed E-state index contributed by atoms with van der Waals surface area (Å²) in [5.74, 6) is 1.35. The van der Waals surface area contributed by atoms with E-state index in [-0.39, 0.29) is 24.8 Å². The first-order chi connectivity index (χ1) is 8.65. The number of carbonyl (C=O) groups excluding carboxylic acids is 2. The van der Waals surface area contributed by atoms with Crippen LogP contribution in [-0.2, 0) is 9.59 Å². The standard InChI is InChI=1S/C14H18O4/c1-3-11(15)9-17-13-5-7-14(8-6-13)18-10-12(16)4-2/h5-8H,3-4,9-10H2,1-2H3. The molecule has 0 N–H and O–H groups in total. The van der Waals surface area contributed by atoms with Gasteiger partial charge in [-0.3, -0.25) is 9.59 Å². The van der Waals surface area contributed by atoms with Crippen molar-refractivity contribution in [1.82, 2.24) is 0 Å². The third-order valence-corrected chi connectivity index (χ3v) is 2.41. The minimum absolute atomic E-state index is 0.0591. The van der Waals surface area contributed by atoms with E-state index >= 15 is 0 Å². The lowest BCUT2D eigenvalue weighted by Gasteiger charge is -2.07. The van der Waals surface area contributed by atoms with Crippen molar-refractivity contribution in [3.63, 3.8) is 0 Å². The van der Waals surface area contributed by atoms with E-state index in [4.69, 9.17) is 9.47 Å². The maximum Gasteiger partial charge on any atom is 0.169 e. The van der Waals surface area contributed by atoms with E-state index in [2.05, 4.69) is 0 Å². The van der Waals surface area contributed by atoms with Gasteiger partial charge in [0, 0.05) is 12.8 Å².